The fourth-order valence-corrected chi connectivity index (χ4v) is 2.44. The van der Waals surface area contributed by atoms with Gasteiger partial charge < -0.3 is 0 Å². The molecule has 2 heterocycles. The van der Waals surface area contributed by atoms with Crippen LogP contribution in [0.5, 0.6) is 0 Å². The topological polar surface area (TPSA) is 47.0 Å². The van der Waals surface area contributed by atoms with Gasteiger partial charge in [-0.2, -0.15) is 10.2 Å². The first kappa shape index (κ1) is 13.8. The van der Waals surface area contributed by atoms with Gasteiger partial charge in [-0.05, 0) is 36.8 Å². The van der Waals surface area contributed by atoms with Gasteiger partial charge in [0.15, 0.2) is 5.65 Å². The zero-order chi connectivity index (χ0) is 14.7. The van der Waals surface area contributed by atoms with Gasteiger partial charge in [0.05, 0.1) is 6.21 Å². The lowest BCUT2D eigenvalue weighted by Crippen LogP contribution is -2.21. The number of hydrogen-bond donors (Lipinski definition) is 0. The van der Waals surface area contributed by atoms with E-state index in [2.05, 4.69) is 31.2 Å². The van der Waals surface area contributed by atoms with Crippen molar-refractivity contribution in [2.45, 2.75) is 13.5 Å². The van der Waals surface area contributed by atoms with Gasteiger partial charge in [0, 0.05) is 17.2 Å². The standard InChI is InChI=1S/C15H14BrN5/c1-2-21-15(20-9-4-3-8-14(20)19-21)18-17-11-12-6-5-7-13(16)10-12/h3-11H,2H2,1H3/b17-11+,18-15-. The maximum atomic E-state index is 4.48. The van der Waals surface area contributed by atoms with Crippen LogP contribution in [-0.2, 0) is 6.54 Å². The summed E-state index contributed by atoms with van der Waals surface area (Å²) in [5.41, 5.74) is 2.56. The third-order valence-corrected chi connectivity index (χ3v) is 3.50. The molecule has 0 aliphatic heterocycles. The minimum Gasteiger partial charge on any atom is -0.267 e. The fourth-order valence-electron chi connectivity index (χ4n) is 2.02. The molecule has 0 fully saturated rings. The molecular formula is C15H14BrN5. The molecule has 1 aromatic carbocycles. The highest BCUT2D eigenvalue weighted by Crippen LogP contribution is 2.09. The van der Waals surface area contributed by atoms with Crippen molar-refractivity contribution in [1.82, 2.24) is 14.2 Å². The van der Waals surface area contributed by atoms with Gasteiger partial charge in [0.2, 0.25) is 0 Å². The molecular weight excluding hydrogens is 330 g/mol. The minimum atomic E-state index is 0.708. The van der Waals surface area contributed by atoms with E-state index < -0.39 is 0 Å². The van der Waals surface area contributed by atoms with E-state index in [4.69, 9.17) is 0 Å². The van der Waals surface area contributed by atoms with Crippen molar-refractivity contribution in [3.63, 3.8) is 0 Å². The van der Waals surface area contributed by atoms with E-state index in [1.165, 1.54) is 0 Å². The lowest BCUT2D eigenvalue weighted by atomic mass is 10.2. The molecule has 106 valence electrons. The molecule has 0 saturated heterocycles. The second-order valence-corrected chi connectivity index (χ2v) is 5.36. The highest BCUT2D eigenvalue weighted by atomic mass is 79.9. The Kier molecular flexibility index (Phi) is 3.96. The van der Waals surface area contributed by atoms with Crippen LogP contribution in [-0.4, -0.2) is 20.4 Å². The molecule has 0 radical (unpaired) electrons. The molecule has 0 bridgehead atoms. The number of benzene rings is 1. The maximum Gasteiger partial charge on any atom is 0.252 e. The molecule has 3 rings (SSSR count). The van der Waals surface area contributed by atoms with E-state index in [0.29, 0.717) is 5.62 Å². The zero-order valence-electron chi connectivity index (χ0n) is 11.5. The highest BCUT2D eigenvalue weighted by Gasteiger charge is 2.01. The Bertz CT molecular complexity index is 860. The van der Waals surface area contributed by atoms with Crippen LogP contribution in [0.2, 0.25) is 0 Å². The first-order valence-corrected chi connectivity index (χ1v) is 7.44. The second-order valence-electron chi connectivity index (χ2n) is 4.44. The van der Waals surface area contributed by atoms with Gasteiger partial charge in [-0.15, -0.1) is 5.10 Å². The van der Waals surface area contributed by atoms with E-state index in [9.17, 15) is 0 Å². The number of fused-ring (bicyclic) bond motifs is 1. The highest BCUT2D eigenvalue weighted by molar-refractivity contribution is 9.10. The normalized spacial score (nSPS) is 12.6. The summed E-state index contributed by atoms with van der Waals surface area (Å²) < 4.78 is 4.76. The molecule has 3 aromatic rings. The summed E-state index contributed by atoms with van der Waals surface area (Å²) in [4.78, 5) is 0. The molecule has 0 saturated carbocycles. The first-order chi connectivity index (χ1) is 10.3. The van der Waals surface area contributed by atoms with Crippen LogP contribution in [0.25, 0.3) is 5.65 Å². The molecule has 0 unspecified atom stereocenters. The largest absolute Gasteiger partial charge is 0.267 e. The Hall–Kier alpha value is -2.21. The van der Waals surface area contributed by atoms with Gasteiger partial charge in [0.25, 0.3) is 5.62 Å². The van der Waals surface area contributed by atoms with Crippen molar-refractivity contribution >= 4 is 27.8 Å². The van der Waals surface area contributed by atoms with E-state index in [1.54, 1.807) is 6.21 Å². The summed E-state index contributed by atoms with van der Waals surface area (Å²) in [7, 11) is 0. The predicted molar refractivity (Wildman–Crippen MR) is 86.2 cm³/mol. The second kappa shape index (κ2) is 6.05. The molecule has 2 aromatic heterocycles. The number of hydrogen-bond acceptors (Lipinski definition) is 3. The van der Waals surface area contributed by atoms with Crippen LogP contribution in [0.4, 0.5) is 0 Å². The third-order valence-electron chi connectivity index (χ3n) is 3.01. The smallest absolute Gasteiger partial charge is 0.252 e. The third kappa shape index (κ3) is 2.95. The van der Waals surface area contributed by atoms with Gasteiger partial charge in [0.1, 0.15) is 0 Å². The summed E-state index contributed by atoms with van der Waals surface area (Å²) in [5, 5.41) is 13.0. The van der Waals surface area contributed by atoms with Gasteiger partial charge in [-0.25, -0.2) is 4.68 Å². The number of rotatable bonds is 3. The van der Waals surface area contributed by atoms with Crippen molar-refractivity contribution in [3.05, 3.63) is 64.3 Å². The maximum absolute atomic E-state index is 4.48. The van der Waals surface area contributed by atoms with E-state index >= 15 is 0 Å². The predicted octanol–water partition coefficient (Wildman–Crippen LogP) is 2.85. The molecule has 0 N–H and O–H groups in total. The summed E-state index contributed by atoms with van der Waals surface area (Å²) in [5.74, 6) is 0. The Morgan fingerprint density at radius 2 is 2.14 bits per heavy atom. The summed E-state index contributed by atoms with van der Waals surface area (Å²) in [6, 6.07) is 13.8. The monoisotopic (exact) mass is 343 g/mol. The van der Waals surface area contributed by atoms with E-state index in [-0.39, 0.29) is 0 Å². The van der Waals surface area contributed by atoms with Crippen LogP contribution in [0.15, 0.2) is 63.3 Å². The van der Waals surface area contributed by atoms with Gasteiger partial charge in [-0.3, -0.25) is 4.40 Å². The number of pyridine rings is 1. The quantitative estimate of drug-likeness (QED) is 0.532. The van der Waals surface area contributed by atoms with E-state index in [0.717, 1.165) is 22.2 Å². The van der Waals surface area contributed by atoms with Crippen LogP contribution in [0.1, 0.15) is 12.5 Å². The average Bonchev–Trinajstić information content (AvgIpc) is 2.86. The van der Waals surface area contributed by atoms with Crippen molar-refractivity contribution in [2.75, 3.05) is 0 Å². The SMILES string of the molecule is CCn1nc2ccccn2/c1=N/N=C/c1cccc(Br)c1. The van der Waals surface area contributed by atoms with Crippen molar-refractivity contribution < 1.29 is 0 Å². The molecule has 0 aliphatic carbocycles. The number of nitrogens with zero attached hydrogens (tertiary/aromatic N) is 5. The zero-order valence-corrected chi connectivity index (χ0v) is 13.1. The molecule has 6 heteroatoms. The van der Waals surface area contributed by atoms with Crippen LogP contribution < -0.4 is 5.62 Å². The molecule has 0 atom stereocenters. The van der Waals surface area contributed by atoms with Crippen LogP contribution in [0, 0.1) is 0 Å². The summed E-state index contributed by atoms with van der Waals surface area (Å²) in [6.07, 6.45) is 3.66. The Morgan fingerprint density at radius 1 is 1.24 bits per heavy atom. The Labute approximate surface area is 130 Å². The molecule has 0 aliphatic rings. The average molecular weight is 344 g/mol. The molecule has 5 nitrogen and oxygen atoms in total. The van der Waals surface area contributed by atoms with E-state index in [1.807, 2.05) is 64.7 Å². The number of aromatic nitrogens is 3. The lowest BCUT2D eigenvalue weighted by Gasteiger charge is -1.93. The molecule has 0 amide bonds. The molecule has 21 heavy (non-hydrogen) atoms. The summed E-state index contributed by atoms with van der Waals surface area (Å²) in [6.45, 7) is 2.77. The number of halogens is 1. The molecule has 0 spiro atoms. The van der Waals surface area contributed by atoms with Crippen molar-refractivity contribution in [3.8, 4) is 0 Å². The Balaban J connectivity index is 2.03. The minimum absolute atomic E-state index is 0.708. The fraction of sp³-hybridized carbons (Fsp3) is 0.133. The lowest BCUT2D eigenvalue weighted by molar-refractivity contribution is 0.614. The van der Waals surface area contributed by atoms with Crippen molar-refractivity contribution in [2.24, 2.45) is 10.2 Å². The number of aryl methyl sites for hydroxylation is 1. The van der Waals surface area contributed by atoms with Crippen LogP contribution >= 0.6 is 15.9 Å². The Morgan fingerprint density at radius 3 is 2.95 bits per heavy atom. The van der Waals surface area contributed by atoms with Gasteiger partial charge in [-0.1, -0.05) is 34.1 Å². The van der Waals surface area contributed by atoms with Crippen molar-refractivity contribution in [1.29, 1.82) is 0 Å². The first-order valence-electron chi connectivity index (χ1n) is 6.65. The van der Waals surface area contributed by atoms with Crippen LogP contribution in [0.3, 0.4) is 0 Å². The van der Waals surface area contributed by atoms with Gasteiger partial charge >= 0.3 is 0 Å². The summed E-state index contributed by atoms with van der Waals surface area (Å²) >= 11 is 3.44.